The van der Waals surface area contributed by atoms with Gasteiger partial charge in [0.1, 0.15) is 5.75 Å². The Balaban J connectivity index is 2.33. The summed E-state index contributed by atoms with van der Waals surface area (Å²) in [6.45, 7) is 0.731. The first-order chi connectivity index (χ1) is 6.81. The Kier molecular flexibility index (Phi) is 2.63. The van der Waals surface area contributed by atoms with Crippen LogP contribution < -0.4 is 4.74 Å². The van der Waals surface area contributed by atoms with Crippen molar-refractivity contribution in [2.24, 2.45) is 0 Å². The zero-order valence-electron chi connectivity index (χ0n) is 7.78. The molecule has 1 aromatic carbocycles. The highest BCUT2D eigenvalue weighted by atomic mass is 32.2. The molecule has 0 N–H and O–H groups in total. The van der Waals surface area contributed by atoms with Gasteiger partial charge < -0.3 is 9.47 Å². The largest absolute Gasteiger partial charge is 0.492 e. The van der Waals surface area contributed by atoms with Crippen LogP contribution in [-0.4, -0.2) is 25.4 Å². The smallest absolute Gasteiger partial charge is 0.337 e. The van der Waals surface area contributed by atoms with Gasteiger partial charge in [0.25, 0.3) is 0 Å². The maximum absolute atomic E-state index is 11.2. The van der Waals surface area contributed by atoms with Gasteiger partial charge in [-0.15, -0.1) is 11.8 Å². The van der Waals surface area contributed by atoms with Crippen molar-refractivity contribution >= 4 is 17.7 Å². The lowest BCUT2D eigenvalue weighted by Crippen LogP contribution is -2.08. The summed E-state index contributed by atoms with van der Waals surface area (Å²) < 4.78 is 10.1. The quantitative estimate of drug-likeness (QED) is 0.664. The molecule has 1 aliphatic rings. The second kappa shape index (κ2) is 3.92. The molecule has 0 saturated heterocycles. The number of carbonyl (C=O) groups excluding carboxylic acids is 1. The van der Waals surface area contributed by atoms with Crippen molar-refractivity contribution in [1.29, 1.82) is 0 Å². The molecule has 1 aromatic rings. The second-order valence-electron chi connectivity index (χ2n) is 2.85. The van der Waals surface area contributed by atoms with Crippen molar-refractivity contribution in [3.63, 3.8) is 0 Å². The van der Waals surface area contributed by atoms with Crippen molar-refractivity contribution < 1.29 is 14.3 Å². The zero-order valence-corrected chi connectivity index (χ0v) is 8.60. The fourth-order valence-electron chi connectivity index (χ4n) is 1.29. The van der Waals surface area contributed by atoms with Gasteiger partial charge in [0.15, 0.2) is 0 Å². The summed E-state index contributed by atoms with van der Waals surface area (Å²) in [4.78, 5) is 12.2. The Bertz CT molecular complexity index is 362. The van der Waals surface area contributed by atoms with Crippen molar-refractivity contribution in [3.8, 4) is 5.75 Å². The SMILES string of the molecule is COC(=O)c1ccc2c(c1)SCCO2. The van der Waals surface area contributed by atoms with Gasteiger partial charge in [-0.3, -0.25) is 0 Å². The maximum Gasteiger partial charge on any atom is 0.337 e. The van der Waals surface area contributed by atoms with Crippen molar-refractivity contribution in [2.45, 2.75) is 4.90 Å². The average molecular weight is 210 g/mol. The van der Waals surface area contributed by atoms with Crippen LogP contribution in [0.3, 0.4) is 0 Å². The Morgan fingerprint density at radius 3 is 3.21 bits per heavy atom. The van der Waals surface area contributed by atoms with Crippen molar-refractivity contribution in [3.05, 3.63) is 23.8 Å². The van der Waals surface area contributed by atoms with Crippen LogP contribution in [0.2, 0.25) is 0 Å². The third kappa shape index (κ3) is 1.70. The van der Waals surface area contributed by atoms with E-state index in [0.717, 1.165) is 23.0 Å². The first kappa shape index (κ1) is 9.40. The summed E-state index contributed by atoms with van der Waals surface area (Å²) in [5, 5.41) is 0. The summed E-state index contributed by atoms with van der Waals surface area (Å²) in [6, 6.07) is 5.34. The topological polar surface area (TPSA) is 35.5 Å². The monoisotopic (exact) mass is 210 g/mol. The highest BCUT2D eigenvalue weighted by molar-refractivity contribution is 7.99. The number of rotatable bonds is 1. The highest BCUT2D eigenvalue weighted by Crippen LogP contribution is 2.33. The van der Waals surface area contributed by atoms with Gasteiger partial charge in [0.05, 0.1) is 24.2 Å². The molecule has 2 rings (SSSR count). The molecule has 1 heterocycles. The molecule has 0 spiro atoms. The molecule has 14 heavy (non-hydrogen) atoms. The summed E-state index contributed by atoms with van der Waals surface area (Å²) >= 11 is 1.70. The molecule has 74 valence electrons. The molecule has 0 aliphatic carbocycles. The lowest BCUT2D eigenvalue weighted by Gasteiger charge is -2.16. The molecule has 0 atom stereocenters. The zero-order chi connectivity index (χ0) is 9.97. The van der Waals surface area contributed by atoms with E-state index >= 15 is 0 Å². The number of ether oxygens (including phenoxy) is 2. The molecule has 0 bridgehead atoms. The van der Waals surface area contributed by atoms with Gasteiger partial charge in [-0.1, -0.05) is 0 Å². The van der Waals surface area contributed by atoms with Crippen LogP contribution in [0.1, 0.15) is 10.4 Å². The van der Waals surface area contributed by atoms with Gasteiger partial charge in [0, 0.05) is 5.75 Å². The highest BCUT2D eigenvalue weighted by Gasteiger charge is 2.14. The van der Waals surface area contributed by atoms with Gasteiger partial charge in [-0.2, -0.15) is 0 Å². The molecule has 0 unspecified atom stereocenters. The van der Waals surface area contributed by atoms with E-state index in [1.54, 1.807) is 17.8 Å². The number of benzene rings is 1. The van der Waals surface area contributed by atoms with Gasteiger partial charge in [-0.25, -0.2) is 4.79 Å². The lowest BCUT2D eigenvalue weighted by atomic mass is 10.2. The Morgan fingerprint density at radius 2 is 2.43 bits per heavy atom. The minimum atomic E-state index is -0.307. The molecule has 0 saturated carbocycles. The normalized spacial score (nSPS) is 14.1. The fourth-order valence-corrected chi connectivity index (χ4v) is 2.15. The third-order valence-corrected chi connectivity index (χ3v) is 2.96. The summed E-state index contributed by atoms with van der Waals surface area (Å²) in [6.07, 6.45) is 0. The molecule has 0 amide bonds. The number of thioether (sulfide) groups is 1. The van der Waals surface area contributed by atoms with Crippen LogP contribution in [0.5, 0.6) is 5.75 Å². The van der Waals surface area contributed by atoms with Gasteiger partial charge in [0.2, 0.25) is 0 Å². The molecule has 0 aromatic heterocycles. The second-order valence-corrected chi connectivity index (χ2v) is 3.99. The number of carbonyl (C=O) groups is 1. The minimum Gasteiger partial charge on any atom is -0.492 e. The summed E-state index contributed by atoms with van der Waals surface area (Å²) in [5.74, 6) is 1.48. The maximum atomic E-state index is 11.2. The number of hydrogen-bond acceptors (Lipinski definition) is 4. The molecular weight excluding hydrogens is 200 g/mol. The van der Waals surface area contributed by atoms with Crippen LogP contribution in [0.4, 0.5) is 0 Å². The number of fused-ring (bicyclic) bond motifs is 1. The first-order valence-electron chi connectivity index (χ1n) is 4.29. The number of esters is 1. The number of methoxy groups -OCH3 is 1. The summed E-state index contributed by atoms with van der Waals surface area (Å²) in [7, 11) is 1.38. The molecule has 3 nitrogen and oxygen atoms in total. The molecule has 0 fully saturated rings. The van der Waals surface area contributed by atoms with Crippen molar-refractivity contribution in [2.75, 3.05) is 19.5 Å². The van der Waals surface area contributed by atoms with Crippen molar-refractivity contribution in [1.82, 2.24) is 0 Å². The third-order valence-electron chi connectivity index (χ3n) is 1.96. The Hall–Kier alpha value is -1.16. The minimum absolute atomic E-state index is 0.307. The van der Waals surface area contributed by atoms with E-state index in [1.807, 2.05) is 12.1 Å². The standard InChI is InChI=1S/C10H10O3S/c1-12-10(11)7-2-3-8-9(6-7)14-5-4-13-8/h2-3,6H,4-5H2,1H3. The number of hydrogen-bond donors (Lipinski definition) is 0. The van der Waals surface area contributed by atoms with E-state index in [0.29, 0.717) is 5.56 Å². The average Bonchev–Trinajstić information content (AvgIpc) is 2.27. The van der Waals surface area contributed by atoms with Gasteiger partial charge >= 0.3 is 5.97 Å². The van der Waals surface area contributed by atoms with E-state index in [2.05, 4.69) is 4.74 Å². The van der Waals surface area contributed by atoms with Crippen LogP contribution >= 0.6 is 11.8 Å². The van der Waals surface area contributed by atoms with E-state index in [9.17, 15) is 4.79 Å². The van der Waals surface area contributed by atoms with E-state index < -0.39 is 0 Å². The lowest BCUT2D eigenvalue weighted by molar-refractivity contribution is 0.0600. The fraction of sp³-hybridized carbons (Fsp3) is 0.300. The molecule has 0 radical (unpaired) electrons. The van der Waals surface area contributed by atoms with Gasteiger partial charge in [-0.05, 0) is 18.2 Å². The predicted octanol–water partition coefficient (Wildman–Crippen LogP) is 1.96. The van der Waals surface area contributed by atoms with Crippen LogP contribution in [0, 0.1) is 0 Å². The van der Waals surface area contributed by atoms with Crippen LogP contribution in [0.15, 0.2) is 23.1 Å². The molecular formula is C10H10O3S. The van der Waals surface area contributed by atoms with Crippen LogP contribution in [0.25, 0.3) is 0 Å². The predicted molar refractivity (Wildman–Crippen MR) is 54.0 cm³/mol. The first-order valence-corrected chi connectivity index (χ1v) is 5.28. The van der Waals surface area contributed by atoms with E-state index in [4.69, 9.17) is 4.74 Å². The molecule has 4 heteroatoms. The van der Waals surface area contributed by atoms with Crippen LogP contribution in [-0.2, 0) is 4.74 Å². The Morgan fingerprint density at radius 1 is 1.57 bits per heavy atom. The van der Waals surface area contributed by atoms with E-state index in [1.165, 1.54) is 7.11 Å². The molecule has 1 aliphatic heterocycles. The summed E-state index contributed by atoms with van der Waals surface area (Å²) in [5.41, 5.74) is 0.573. The van der Waals surface area contributed by atoms with E-state index in [-0.39, 0.29) is 5.97 Å². The Labute approximate surface area is 86.4 Å².